The van der Waals surface area contributed by atoms with Crippen LogP contribution in [-0.2, 0) is 0 Å². The van der Waals surface area contributed by atoms with Crippen molar-refractivity contribution in [1.29, 1.82) is 0 Å². The molecule has 0 amide bonds. The van der Waals surface area contributed by atoms with Crippen LogP contribution in [0.5, 0.6) is 0 Å². The van der Waals surface area contributed by atoms with E-state index < -0.39 is 0 Å². The van der Waals surface area contributed by atoms with E-state index in [0.29, 0.717) is 11.8 Å². The molecule has 1 N–H and O–H groups in total. The van der Waals surface area contributed by atoms with E-state index in [1.54, 1.807) is 0 Å². The van der Waals surface area contributed by atoms with E-state index in [1.807, 2.05) is 6.92 Å². The van der Waals surface area contributed by atoms with Gasteiger partial charge in [0.1, 0.15) is 0 Å². The average Bonchev–Trinajstić information content (AvgIpc) is 2.03. The summed E-state index contributed by atoms with van der Waals surface area (Å²) in [5.74, 6) is 1.05. The number of hydrogen-bond acceptors (Lipinski definition) is 1. The van der Waals surface area contributed by atoms with Crippen molar-refractivity contribution in [3.05, 3.63) is 12.2 Å². The predicted octanol–water partition coefficient (Wildman–Crippen LogP) is 3.00. The second-order valence-electron chi connectivity index (χ2n) is 3.77. The molecular weight excluding hydrogens is 148 g/mol. The predicted molar refractivity (Wildman–Crippen MR) is 54.1 cm³/mol. The first-order valence-electron chi connectivity index (χ1n) is 4.92. The van der Waals surface area contributed by atoms with Crippen molar-refractivity contribution in [2.45, 2.75) is 46.6 Å². The van der Waals surface area contributed by atoms with Gasteiger partial charge in [-0.15, -0.1) is 0 Å². The van der Waals surface area contributed by atoms with Crippen LogP contribution >= 0.6 is 0 Å². The molecule has 0 aromatic heterocycles. The summed E-state index contributed by atoms with van der Waals surface area (Å²) in [6, 6.07) is 0. The van der Waals surface area contributed by atoms with E-state index in [-0.39, 0.29) is 6.10 Å². The van der Waals surface area contributed by atoms with Crippen LogP contribution in [0.2, 0.25) is 0 Å². The zero-order valence-electron chi connectivity index (χ0n) is 8.75. The molecule has 0 bridgehead atoms. The van der Waals surface area contributed by atoms with E-state index in [9.17, 15) is 5.11 Å². The second kappa shape index (κ2) is 6.24. The smallest absolute Gasteiger partial charge is 0.0540 e. The van der Waals surface area contributed by atoms with E-state index in [1.165, 1.54) is 6.42 Å². The summed E-state index contributed by atoms with van der Waals surface area (Å²) in [6.45, 7) is 8.32. The third-order valence-electron chi connectivity index (χ3n) is 2.44. The number of allylic oxidation sites excluding steroid dienone is 2. The molecule has 1 nitrogen and oxygen atoms in total. The molecule has 0 saturated carbocycles. The maximum absolute atomic E-state index is 9.21. The number of rotatable bonds is 5. The molecule has 0 aliphatic heterocycles. The maximum Gasteiger partial charge on any atom is 0.0540 e. The molecule has 0 spiro atoms. The molecule has 3 unspecified atom stereocenters. The summed E-state index contributed by atoms with van der Waals surface area (Å²) in [6.07, 6.45) is 6.41. The molecule has 0 aromatic rings. The molecular formula is C11H22O. The summed E-state index contributed by atoms with van der Waals surface area (Å²) in [4.78, 5) is 0. The topological polar surface area (TPSA) is 20.2 Å². The van der Waals surface area contributed by atoms with Gasteiger partial charge in [-0.1, -0.05) is 39.3 Å². The molecule has 0 rings (SSSR count). The van der Waals surface area contributed by atoms with Crippen molar-refractivity contribution in [3.63, 3.8) is 0 Å². The number of hydrogen-bond donors (Lipinski definition) is 1. The lowest BCUT2D eigenvalue weighted by atomic mass is 10.0. The molecule has 0 fully saturated rings. The monoisotopic (exact) mass is 170 g/mol. The highest BCUT2D eigenvalue weighted by Crippen LogP contribution is 2.10. The van der Waals surface area contributed by atoms with Crippen molar-refractivity contribution in [2.24, 2.45) is 11.8 Å². The van der Waals surface area contributed by atoms with E-state index in [0.717, 1.165) is 6.42 Å². The molecule has 0 aliphatic carbocycles. The third kappa shape index (κ3) is 5.36. The molecule has 0 saturated heterocycles. The SMILES string of the molecule is CCC(C)C=CCC(C)C(C)O. The van der Waals surface area contributed by atoms with Gasteiger partial charge >= 0.3 is 0 Å². The minimum absolute atomic E-state index is 0.188. The summed E-state index contributed by atoms with van der Waals surface area (Å²) in [5.41, 5.74) is 0. The standard InChI is InChI=1S/C11H22O/c1-5-9(2)7-6-8-10(3)11(4)12/h6-7,9-12H,5,8H2,1-4H3. The van der Waals surface area contributed by atoms with Crippen molar-refractivity contribution < 1.29 is 5.11 Å². The number of aliphatic hydroxyl groups is 1. The number of aliphatic hydroxyl groups excluding tert-OH is 1. The van der Waals surface area contributed by atoms with Gasteiger partial charge in [0, 0.05) is 0 Å². The van der Waals surface area contributed by atoms with Gasteiger partial charge in [0.05, 0.1) is 6.10 Å². The van der Waals surface area contributed by atoms with Gasteiger partial charge in [0.15, 0.2) is 0 Å². The lowest BCUT2D eigenvalue weighted by Crippen LogP contribution is -2.11. The Bertz CT molecular complexity index is 127. The normalized spacial score (nSPS) is 19.4. The molecule has 72 valence electrons. The van der Waals surface area contributed by atoms with Crippen LogP contribution in [0.15, 0.2) is 12.2 Å². The first-order chi connectivity index (χ1) is 5.57. The van der Waals surface area contributed by atoms with E-state index >= 15 is 0 Å². The van der Waals surface area contributed by atoms with Gasteiger partial charge in [-0.05, 0) is 25.2 Å². The largest absolute Gasteiger partial charge is 0.393 e. The van der Waals surface area contributed by atoms with Crippen LogP contribution in [0.4, 0.5) is 0 Å². The molecule has 12 heavy (non-hydrogen) atoms. The zero-order valence-corrected chi connectivity index (χ0v) is 8.75. The zero-order chi connectivity index (χ0) is 9.56. The lowest BCUT2D eigenvalue weighted by molar-refractivity contribution is 0.136. The third-order valence-corrected chi connectivity index (χ3v) is 2.44. The van der Waals surface area contributed by atoms with Crippen LogP contribution in [0, 0.1) is 11.8 Å². The molecule has 0 radical (unpaired) electrons. The highest BCUT2D eigenvalue weighted by atomic mass is 16.3. The minimum atomic E-state index is -0.188. The summed E-state index contributed by atoms with van der Waals surface area (Å²) < 4.78 is 0. The van der Waals surface area contributed by atoms with E-state index in [4.69, 9.17) is 0 Å². The highest BCUT2D eigenvalue weighted by molar-refractivity contribution is 4.87. The van der Waals surface area contributed by atoms with Crippen LogP contribution in [-0.4, -0.2) is 11.2 Å². The Morgan fingerprint density at radius 2 is 1.83 bits per heavy atom. The Morgan fingerprint density at radius 1 is 1.25 bits per heavy atom. The Labute approximate surface area is 76.5 Å². The lowest BCUT2D eigenvalue weighted by Gasteiger charge is -2.11. The Kier molecular flexibility index (Phi) is 6.09. The Balaban J connectivity index is 3.59. The Hall–Kier alpha value is -0.300. The fraction of sp³-hybridized carbons (Fsp3) is 0.818. The van der Waals surface area contributed by atoms with Crippen LogP contribution in [0.3, 0.4) is 0 Å². The fourth-order valence-electron chi connectivity index (χ4n) is 0.859. The van der Waals surface area contributed by atoms with Gasteiger partial charge in [-0.25, -0.2) is 0 Å². The van der Waals surface area contributed by atoms with Crippen LogP contribution in [0.25, 0.3) is 0 Å². The Morgan fingerprint density at radius 3 is 2.25 bits per heavy atom. The molecule has 0 aliphatic rings. The van der Waals surface area contributed by atoms with Crippen LogP contribution < -0.4 is 0 Å². The maximum atomic E-state index is 9.21. The highest BCUT2D eigenvalue weighted by Gasteiger charge is 2.05. The first kappa shape index (κ1) is 11.7. The summed E-state index contributed by atoms with van der Waals surface area (Å²) in [5, 5.41) is 9.21. The first-order valence-corrected chi connectivity index (χ1v) is 4.92. The van der Waals surface area contributed by atoms with Gasteiger partial charge in [-0.2, -0.15) is 0 Å². The second-order valence-corrected chi connectivity index (χ2v) is 3.77. The van der Waals surface area contributed by atoms with Crippen LogP contribution in [0.1, 0.15) is 40.5 Å². The van der Waals surface area contributed by atoms with Crippen molar-refractivity contribution in [2.75, 3.05) is 0 Å². The fourth-order valence-corrected chi connectivity index (χ4v) is 0.859. The summed E-state index contributed by atoms with van der Waals surface area (Å²) in [7, 11) is 0. The average molecular weight is 170 g/mol. The van der Waals surface area contributed by atoms with Gasteiger partial charge in [0.25, 0.3) is 0 Å². The molecule has 0 aromatic carbocycles. The molecule has 3 atom stereocenters. The molecule has 1 heteroatoms. The molecule has 0 heterocycles. The van der Waals surface area contributed by atoms with Gasteiger partial charge in [-0.3, -0.25) is 0 Å². The van der Waals surface area contributed by atoms with E-state index in [2.05, 4.69) is 32.9 Å². The van der Waals surface area contributed by atoms with Gasteiger partial charge in [0.2, 0.25) is 0 Å². The van der Waals surface area contributed by atoms with Gasteiger partial charge < -0.3 is 5.11 Å². The van der Waals surface area contributed by atoms with Crippen molar-refractivity contribution >= 4 is 0 Å². The quantitative estimate of drug-likeness (QED) is 0.629. The van der Waals surface area contributed by atoms with Crippen molar-refractivity contribution in [1.82, 2.24) is 0 Å². The summed E-state index contributed by atoms with van der Waals surface area (Å²) >= 11 is 0. The minimum Gasteiger partial charge on any atom is -0.393 e. The van der Waals surface area contributed by atoms with Crippen molar-refractivity contribution in [3.8, 4) is 0 Å².